The Hall–Kier alpha value is -2.68. The summed E-state index contributed by atoms with van der Waals surface area (Å²) in [4.78, 5) is 4.05. The molecule has 0 atom stereocenters. The van der Waals surface area contributed by atoms with E-state index < -0.39 is 0 Å². The highest BCUT2D eigenvalue weighted by Crippen LogP contribution is 2.27. The molecule has 1 N–H and O–H groups in total. The van der Waals surface area contributed by atoms with Crippen molar-refractivity contribution in [2.24, 2.45) is 0 Å². The quantitative estimate of drug-likeness (QED) is 0.773. The lowest BCUT2D eigenvalue weighted by molar-refractivity contribution is 1.07. The number of hydrogen-bond donors (Lipinski definition) is 1. The fraction of sp³-hybridized carbons (Fsp3) is 0.0588. The molecule has 0 fully saturated rings. The summed E-state index contributed by atoms with van der Waals surface area (Å²) >= 11 is 0. The van der Waals surface area contributed by atoms with Crippen LogP contribution in [0.2, 0.25) is 0 Å². The van der Waals surface area contributed by atoms with Gasteiger partial charge in [0.15, 0.2) is 0 Å². The van der Waals surface area contributed by atoms with Crippen LogP contribution in [0.4, 0.5) is 0 Å². The molecule has 0 unspecified atom stereocenters. The smallest absolute Gasteiger partial charge is 0.0956 e. The molecule has 3 nitrogen and oxygen atoms in total. The predicted molar refractivity (Wildman–Crippen MR) is 81.8 cm³/mol. The number of benzene rings is 1. The molecule has 0 aliphatic rings. The van der Waals surface area contributed by atoms with E-state index in [9.17, 15) is 0 Å². The van der Waals surface area contributed by atoms with E-state index in [1.165, 1.54) is 5.56 Å². The Morgan fingerprint density at radius 2 is 1.80 bits per heavy atom. The van der Waals surface area contributed by atoms with Crippen LogP contribution in [-0.2, 0) is 0 Å². The summed E-state index contributed by atoms with van der Waals surface area (Å²) in [5, 5.41) is 7.33. The van der Waals surface area contributed by atoms with Gasteiger partial charge in [-0.15, -0.1) is 0 Å². The van der Waals surface area contributed by atoms with Gasteiger partial charge in [0, 0.05) is 24.2 Å². The van der Waals surface area contributed by atoms with Gasteiger partial charge >= 0.3 is 0 Å². The van der Waals surface area contributed by atoms with Crippen molar-refractivity contribution in [1.29, 1.82) is 0 Å². The highest BCUT2D eigenvalue weighted by Gasteiger charge is 2.09. The number of aromatic amines is 1. The number of allylic oxidation sites excluding steroid dienone is 1. The van der Waals surface area contributed by atoms with Crippen LogP contribution >= 0.6 is 0 Å². The number of nitrogens with one attached hydrogen (secondary N) is 1. The molecule has 0 saturated carbocycles. The van der Waals surface area contributed by atoms with Crippen LogP contribution in [0.5, 0.6) is 0 Å². The van der Waals surface area contributed by atoms with Gasteiger partial charge in [0.05, 0.1) is 5.69 Å². The molecule has 98 valence electrons. The minimum atomic E-state index is 0.972. The zero-order chi connectivity index (χ0) is 13.8. The Bertz CT molecular complexity index is 712. The van der Waals surface area contributed by atoms with Gasteiger partial charge in [-0.1, -0.05) is 30.3 Å². The third-order valence-electron chi connectivity index (χ3n) is 3.19. The molecule has 2 heterocycles. The van der Waals surface area contributed by atoms with Crippen molar-refractivity contribution >= 4 is 11.6 Å². The van der Waals surface area contributed by atoms with E-state index in [2.05, 4.69) is 40.3 Å². The number of aromatic nitrogens is 3. The summed E-state index contributed by atoms with van der Waals surface area (Å²) in [5.74, 6) is 0. The Kier molecular flexibility index (Phi) is 3.42. The third-order valence-corrected chi connectivity index (χ3v) is 3.19. The number of hydrogen-bond acceptors (Lipinski definition) is 2. The van der Waals surface area contributed by atoms with E-state index >= 15 is 0 Å². The van der Waals surface area contributed by atoms with Crippen molar-refractivity contribution in [2.45, 2.75) is 6.92 Å². The van der Waals surface area contributed by atoms with Crippen molar-refractivity contribution in [3.05, 3.63) is 72.3 Å². The molecule has 1 aromatic carbocycles. The van der Waals surface area contributed by atoms with Gasteiger partial charge in [-0.2, -0.15) is 5.10 Å². The molecule has 0 saturated heterocycles. The lowest BCUT2D eigenvalue weighted by atomic mass is 10.0. The van der Waals surface area contributed by atoms with Gasteiger partial charge in [-0.25, -0.2) is 0 Å². The first kappa shape index (κ1) is 12.4. The molecule has 0 amide bonds. The summed E-state index contributed by atoms with van der Waals surface area (Å²) < 4.78 is 0. The molecule has 0 bridgehead atoms. The average Bonchev–Trinajstić information content (AvgIpc) is 2.99. The van der Waals surface area contributed by atoms with Crippen molar-refractivity contribution in [2.75, 3.05) is 0 Å². The Morgan fingerprint density at radius 3 is 2.55 bits per heavy atom. The average molecular weight is 261 g/mol. The number of pyridine rings is 1. The van der Waals surface area contributed by atoms with Crippen LogP contribution in [-0.4, -0.2) is 15.2 Å². The van der Waals surface area contributed by atoms with E-state index in [-0.39, 0.29) is 0 Å². The van der Waals surface area contributed by atoms with Crippen molar-refractivity contribution in [1.82, 2.24) is 15.2 Å². The zero-order valence-electron chi connectivity index (χ0n) is 11.2. The summed E-state index contributed by atoms with van der Waals surface area (Å²) in [5.41, 5.74) is 5.49. The second-order valence-corrected chi connectivity index (χ2v) is 4.62. The molecule has 0 aliphatic heterocycles. The van der Waals surface area contributed by atoms with E-state index in [4.69, 9.17) is 0 Å². The number of H-pyrrole nitrogens is 1. The highest BCUT2D eigenvalue weighted by atomic mass is 15.1. The maximum Gasteiger partial charge on any atom is 0.0956 e. The second-order valence-electron chi connectivity index (χ2n) is 4.62. The molecule has 3 rings (SSSR count). The third kappa shape index (κ3) is 2.52. The fourth-order valence-electron chi connectivity index (χ4n) is 2.21. The molecular formula is C17H15N3. The van der Waals surface area contributed by atoms with Crippen molar-refractivity contribution in [3.8, 4) is 11.1 Å². The van der Waals surface area contributed by atoms with Crippen LogP contribution in [0.25, 0.3) is 22.8 Å². The van der Waals surface area contributed by atoms with E-state index in [0.717, 1.165) is 22.4 Å². The van der Waals surface area contributed by atoms with Crippen LogP contribution in [0, 0.1) is 0 Å². The number of rotatable bonds is 3. The molecule has 3 heteroatoms. The summed E-state index contributed by atoms with van der Waals surface area (Å²) in [6.45, 7) is 2.08. The predicted octanol–water partition coefficient (Wildman–Crippen LogP) is 4.03. The first-order valence-electron chi connectivity index (χ1n) is 6.52. The zero-order valence-corrected chi connectivity index (χ0v) is 11.2. The topological polar surface area (TPSA) is 41.6 Å². The van der Waals surface area contributed by atoms with Crippen LogP contribution < -0.4 is 0 Å². The second kappa shape index (κ2) is 5.53. The fourth-order valence-corrected chi connectivity index (χ4v) is 2.21. The Morgan fingerprint density at radius 1 is 1.05 bits per heavy atom. The molecule has 0 aliphatic carbocycles. The molecule has 0 spiro atoms. The molecule has 20 heavy (non-hydrogen) atoms. The van der Waals surface area contributed by atoms with Crippen LogP contribution in [0.15, 0.2) is 61.1 Å². The van der Waals surface area contributed by atoms with Gasteiger partial charge in [0.1, 0.15) is 0 Å². The minimum Gasteiger partial charge on any atom is -0.284 e. The minimum absolute atomic E-state index is 0.972. The molecule has 0 radical (unpaired) electrons. The maximum atomic E-state index is 4.37. The summed E-state index contributed by atoms with van der Waals surface area (Å²) in [6, 6.07) is 14.2. The van der Waals surface area contributed by atoms with Crippen molar-refractivity contribution in [3.63, 3.8) is 0 Å². The highest BCUT2D eigenvalue weighted by molar-refractivity contribution is 5.86. The van der Waals surface area contributed by atoms with Crippen LogP contribution in [0.3, 0.4) is 0 Å². The normalized spacial score (nSPS) is 11.6. The van der Waals surface area contributed by atoms with Gasteiger partial charge in [0.25, 0.3) is 0 Å². The van der Waals surface area contributed by atoms with Crippen molar-refractivity contribution < 1.29 is 0 Å². The summed E-state index contributed by atoms with van der Waals surface area (Å²) in [7, 11) is 0. The summed E-state index contributed by atoms with van der Waals surface area (Å²) in [6.07, 6.45) is 7.65. The van der Waals surface area contributed by atoms with Gasteiger partial charge in [-0.3, -0.25) is 10.1 Å². The molecule has 2 aromatic heterocycles. The maximum absolute atomic E-state index is 4.37. The van der Waals surface area contributed by atoms with Crippen LogP contribution in [0.1, 0.15) is 18.2 Å². The lowest BCUT2D eigenvalue weighted by Gasteiger charge is -2.03. The van der Waals surface area contributed by atoms with E-state index in [0.29, 0.717) is 0 Å². The SMILES string of the molecule is CC(=Cc1ccccc1)c1n[nH]cc1-c1ccncc1. The Labute approximate surface area is 118 Å². The standard InChI is InChI=1S/C17H15N3/c1-13(11-14-5-3-2-4-6-14)17-16(12-19-20-17)15-7-9-18-10-8-15/h2-12H,1H3,(H,19,20). The first-order valence-corrected chi connectivity index (χ1v) is 6.52. The van der Waals surface area contributed by atoms with Gasteiger partial charge in [-0.05, 0) is 41.8 Å². The van der Waals surface area contributed by atoms with Gasteiger partial charge in [0.2, 0.25) is 0 Å². The lowest BCUT2D eigenvalue weighted by Crippen LogP contribution is -1.85. The van der Waals surface area contributed by atoms with E-state index in [1.807, 2.05) is 36.5 Å². The first-order chi connectivity index (χ1) is 9.84. The Balaban J connectivity index is 2.00. The largest absolute Gasteiger partial charge is 0.284 e. The molecule has 3 aromatic rings. The van der Waals surface area contributed by atoms with E-state index in [1.54, 1.807) is 12.4 Å². The van der Waals surface area contributed by atoms with Gasteiger partial charge < -0.3 is 0 Å². The monoisotopic (exact) mass is 261 g/mol. The molecular weight excluding hydrogens is 246 g/mol. The number of nitrogens with zero attached hydrogens (tertiary/aromatic N) is 2.